The molecule has 1 unspecified atom stereocenters. The lowest BCUT2D eigenvalue weighted by Gasteiger charge is -2.30. The summed E-state index contributed by atoms with van der Waals surface area (Å²) in [6, 6.07) is 8.67. The topological polar surface area (TPSA) is 45.2 Å². The van der Waals surface area contributed by atoms with E-state index in [4.69, 9.17) is 0 Å². The average molecular weight is 496 g/mol. The number of hydrogen-bond donors (Lipinski definition) is 1. The van der Waals surface area contributed by atoms with Crippen LogP contribution in [0.4, 0.5) is 18.9 Å². The molecule has 190 valence electrons. The van der Waals surface area contributed by atoms with E-state index in [9.17, 15) is 18.0 Å². The Bertz CT molecular complexity index is 1150. The standard InChI is InChI=1S/C29H32F3N3O/c30-29(31,32)26-15-10-20(19-33-26)16-17-35(25-14-11-21-6-4-5-9-23(21)18-25)28(36)27(34-24-12-13-24)22-7-2-1-3-8-22/h2,7-8,10-11,14-15,18-19,24,27,34H,1,3-6,9,12-13,16-17H2. The van der Waals surface area contributed by atoms with Crippen LogP contribution in [0, 0.1) is 0 Å². The van der Waals surface area contributed by atoms with Gasteiger partial charge in [-0.15, -0.1) is 0 Å². The third-order valence-corrected chi connectivity index (χ3v) is 7.23. The van der Waals surface area contributed by atoms with Gasteiger partial charge in [-0.1, -0.05) is 30.4 Å². The first kappa shape index (κ1) is 24.8. The van der Waals surface area contributed by atoms with Gasteiger partial charge in [-0.3, -0.25) is 15.1 Å². The fourth-order valence-corrected chi connectivity index (χ4v) is 5.03. The Morgan fingerprint density at radius 2 is 1.89 bits per heavy atom. The van der Waals surface area contributed by atoms with Crippen LogP contribution in [0.25, 0.3) is 0 Å². The van der Waals surface area contributed by atoms with E-state index < -0.39 is 17.9 Å². The fraction of sp³-hybridized carbons (Fsp3) is 0.448. The molecule has 0 radical (unpaired) electrons. The van der Waals surface area contributed by atoms with E-state index in [1.54, 1.807) is 0 Å². The summed E-state index contributed by atoms with van der Waals surface area (Å²) >= 11 is 0. The molecule has 5 rings (SSSR count). The third kappa shape index (κ3) is 5.89. The summed E-state index contributed by atoms with van der Waals surface area (Å²) in [6.07, 6.45) is 11.9. The molecule has 1 amide bonds. The molecule has 0 spiro atoms. The number of rotatable bonds is 8. The molecule has 3 aliphatic rings. The smallest absolute Gasteiger partial charge is 0.310 e. The number of nitrogens with one attached hydrogen (secondary N) is 1. The molecular weight excluding hydrogens is 463 g/mol. The zero-order chi connectivity index (χ0) is 25.1. The highest BCUT2D eigenvalue weighted by Crippen LogP contribution is 2.30. The van der Waals surface area contributed by atoms with E-state index in [-0.39, 0.29) is 5.91 Å². The predicted octanol–water partition coefficient (Wildman–Crippen LogP) is 5.95. The number of aromatic nitrogens is 1. The molecule has 3 aliphatic carbocycles. The number of alkyl halides is 3. The first-order chi connectivity index (χ1) is 17.4. The maximum Gasteiger partial charge on any atom is 0.433 e. The van der Waals surface area contributed by atoms with Gasteiger partial charge in [0.15, 0.2) is 0 Å². The Hall–Kier alpha value is -2.93. The van der Waals surface area contributed by atoms with Crippen LogP contribution in [0.2, 0.25) is 0 Å². The van der Waals surface area contributed by atoms with Crippen molar-refractivity contribution < 1.29 is 18.0 Å². The second kappa shape index (κ2) is 10.6. The van der Waals surface area contributed by atoms with Crippen molar-refractivity contribution >= 4 is 11.6 Å². The van der Waals surface area contributed by atoms with Crippen LogP contribution in [-0.4, -0.2) is 29.5 Å². The summed E-state index contributed by atoms with van der Waals surface area (Å²) in [6.45, 7) is 0.366. The van der Waals surface area contributed by atoms with E-state index in [0.29, 0.717) is 24.6 Å². The quantitative estimate of drug-likeness (QED) is 0.492. The second-order valence-electron chi connectivity index (χ2n) is 10.0. The molecular formula is C29H32F3N3O. The van der Waals surface area contributed by atoms with Crippen molar-refractivity contribution in [3.63, 3.8) is 0 Å². The van der Waals surface area contributed by atoms with Crippen molar-refractivity contribution in [3.05, 3.63) is 82.7 Å². The van der Waals surface area contributed by atoms with Gasteiger partial charge in [0.25, 0.3) is 0 Å². The summed E-state index contributed by atoms with van der Waals surface area (Å²) in [7, 11) is 0. The highest BCUT2D eigenvalue weighted by atomic mass is 19.4. The largest absolute Gasteiger partial charge is 0.433 e. The van der Waals surface area contributed by atoms with Gasteiger partial charge >= 0.3 is 6.18 Å². The van der Waals surface area contributed by atoms with Gasteiger partial charge in [-0.2, -0.15) is 13.2 Å². The number of hydrogen-bond acceptors (Lipinski definition) is 3. The van der Waals surface area contributed by atoms with Crippen LogP contribution in [0.3, 0.4) is 0 Å². The number of benzene rings is 1. The minimum absolute atomic E-state index is 0.0182. The lowest BCUT2D eigenvalue weighted by Crippen LogP contribution is -2.49. The van der Waals surface area contributed by atoms with Crippen molar-refractivity contribution in [1.82, 2.24) is 10.3 Å². The van der Waals surface area contributed by atoms with Crippen molar-refractivity contribution in [3.8, 4) is 0 Å². The minimum Gasteiger partial charge on any atom is -0.310 e. The Morgan fingerprint density at radius 3 is 2.56 bits per heavy atom. The van der Waals surface area contributed by atoms with E-state index in [2.05, 4.69) is 34.6 Å². The Balaban J connectivity index is 1.42. The molecule has 1 saturated carbocycles. The van der Waals surface area contributed by atoms with E-state index in [1.165, 1.54) is 29.8 Å². The number of nitrogens with zero attached hydrogens (tertiary/aromatic N) is 2. The number of carbonyl (C=O) groups is 1. The molecule has 1 aromatic carbocycles. The molecule has 2 aromatic rings. The third-order valence-electron chi connectivity index (χ3n) is 7.23. The van der Waals surface area contributed by atoms with E-state index in [1.807, 2.05) is 17.0 Å². The molecule has 0 bridgehead atoms. The van der Waals surface area contributed by atoms with Crippen LogP contribution >= 0.6 is 0 Å². The lowest BCUT2D eigenvalue weighted by atomic mass is 9.91. The van der Waals surface area contributed by atoms with Crippen molar-refractivity contribution in [1.29, 1.82) is 0 Å². The van der Waals surface area contributed by atoms with Crippen molar-refractivity contribution in [2.45, 2.75) is 76.0 Å². The zero-order valence-corrected chi connectivity index (χ0v) is 20.4. The van der Waals surface area contributed by atoms with Gasteiger partial charge in [-0.25, -0.2) is 0 Å². The Kier molecular flexibility index (Phi) is 7.28. The highest BCUT2D eigenvalue weighted by molar-refractivity contribution is 5.99. The fourth-order valence-electron chi connectivity index (χ4n) is 5.03. The summed E-state index contributed by atoms with van der Waals surface area (Å²) in [4.78, 5) is 19.5. The summed E-state index contributed by atoms with van der Waals surface area (Å²) < 4.78 is 38.8. The van der Waals surface area contributed by atoms with Gasteiger partial charge in [0, 0.05) is 24.5 Å². The van der Waals surface area contributed by atoms with Crippen LogP contribution in [-0.2, 0) is 30.2 Å². The first-order valence-electron chi connectivity index (χ1n) is 13.0. The van der Waals surface area contributed by atoms with Gasteiger partial charge in [0.05, 0.1) is 0 Å². The van der Waals surface area contributed by atoms with Crippen LogP contribution in [0.5, 0.6) is 0 Å². The highest BCUT2D eigenvalue weighted by Gasteiger charge is 2.34. The first-order valence-corrected chi connectivity index (χ1v) is 13.0. The van der Waals surface area contributed by atoms with Gasteiger partial charge < -0.3 is 4.90 Å². The Morgan fingerprint density at radius 1 is 1.08 bits per heavy atom. The maximum atomic E-state index is 14.1. The summed E-state index contributed by atoms with van der Waals surface area (Å²) in [5.41, 5.74) is 4.24. The number of aryl methyl sites for hydroxylation is 2. The van der Waals surface area contributed by atoms with Gasteiger partial charge in [0.2, 0.25) is 5.91 Å². The molecule has 0 aliphatic heterocycles. The summed E-state index contributed by atoms with van der Waals surface area (Å²) in [5.74, 6) is -0.0182. The second-order valence-corrected chi connectivity index (χ2v) is 10.0. The predicted molar refractivity (Wildman–Crippen MR) is 135 cm³/mol. The zero-order valence-electron chi connectivity index (χ0n) is 20.4. The normalized spacial score (nSPS) is 18.4. The molecule has 0 saturated heterocycles. The number of allylic oxidation sites excluding steroid dienone is 2. The molecule has 1 heterocycles. The molecule has 1 fully saturated rings. The van der Waals surface area contributed by atoms with Crippen LogP contribution in [0.15, 0.2) is 60.3 Å². The maximum absolute atomic E-state index is 14.1. The lowest BCUT2D eigenvalue weighted by molar-refractivity contribution is -0.141. The number of anilines is 1. The van der Waals surface area contributed by atoms with Crippen LogP contribution < -0.4 is 10.2 Å². The molecule has 1 aromatic heterocycles. The monoisotopic (exact) mass is 495 g/mol. The van der Waals surface area contributed by atoms with Gasteiger partial charge in [-0.05, 0) is 98.2 Å². The number of amides is 1. The van der Waals surface area contributed by atoms with Crippen molar-refractivity contribution in [2.24, 2.45) is 0 Å². The number of fused-ring (bicyclic) bond motifs is 1. The number of pyridine rings is 1. The Labute approximate surface area is 210 Å². The molecule has 36 heavy (non-hydrogen) atoms. The van der Waals surface area contributed by atoms with E-state index in [0.717, 1.165) is 62.3 Å². The average Bonchev–Trinajstić information content (AvgIpc) is 3.72. The number of halogens is 3. The van der Waals surface area contributed by atoms with Crippen molar-refractivity contribution in [2.75, 3.05) is 11.4 Å². The minimum atomic E-state index is -4.47. The SMILES string of the molecule is O=C(C(NC1CC1)C1=CCCC=C1)N(CCc1ccc(C(F)(F)F)nc1)c1ccc2c(c1)CCCC2. The van der Waals surface area contributed by atoms with E-state index >= 15 is 0 Å². The molecule has 7 heteroatoms. The molecule has 1 N–H and O–H groups in total. The van der Waals surface area contributed by atoms with Crippen LogP contribution in [0.1, 0.15) is 60.9 Å². The van der Waals surface area contributed by atoms with Gasteiger partial charge in [0.1, 0.15) is 11.7 Å². The molecule has 4 nitrogen and oxygen atoms in total. The summed E-state index contributed by atoms with van der Waals surface area (Å²) in [5, 5.41) is 3.55. The number of carbonyl (C=O) groups excluding carboxylic acids is 1. The molecule has 1 atom stereocenters.